The number of hydrogen-bond donors (Lipinski definition) is 2. The zero-order chi connectivity index (χ0) is 15.1. The number of nitrogens with one attached hydrogen (secondary N) is 2. The van der Waals surface area contributed by atoms with E-state index >= 15 is 0 Å². The molecule has 0 saturated heterocycles. The summed E-state index contributed by atoms with van der Waals surface area (Å²) in [6.45, 7) is 1.79. The van der Waals surface area contributed by atoms with Gasteiger partial charge in [-0.05, 0) is 30.2 Å². The van der Waals surface area contributed by atoms with Crippen molar-refractivity contribution in [3.63, 3.8) is 0 Å². The molecule has 0 bridgehead atoms. The van der Waals surface area contributed by atoms with E-state index in [-0.39, 0.29) is 12.1 Å². The highest BCUT2D eigenvalue weighted by Gasteiger charge is 2.06. The summed E-state index contributed by atoms with van der Waals surface area (Å²) in [5.41, 5.74) is 2.95. The first-order chi connectivity index (χ1) is 10.2. The summed E-state index contributed by atoms with van der Waals surface area (Å²) in [4.78, 5) is 11.7. The molecular formula is C17H17N3O. The summed E-state index contributed by atoms with van der Waals surface area (Å²) in [5, 5.41) is 14.0. The molecule has 0 spiro atoms. The van der Waals surface area contributed by atoms with E-state index in [1.807, 2.05) is 60.7 Å². The normalized spacial score (nSPS) is 11.2. The quantitative estimate of drug-likeness (QED) is 0.894. The third-order valence-corrected chi connectivity index (χ3v) is 3.02. The Bertz CT molecular complexity index is 629. The third-order valence-electron chi connectivity index (χ3n) is 3.02. The average molecular weight is 279 g/mol. The van der Waals surface area contributed by atoms with E-state index in [1.165, 1.54) is 0 Å². The zero-order valence-electron chi connectivity index (χ0n) is 11.8. The Balaban J connectivity index is 1.97. The molecule has 2 amide bonds. The number of nitrogens with zero attached hydrogens (tertiary/aromatic N) is 1. The topological polar surface area (TPSA) is 64.9 Å². The summed E-state index contributed by atoms with van der Waals surface area (Å²) < 4.78 is 0. The van der Waals surface area contributed by atoms with E-state index in [2.05, 4.69) is 10.6 Å². The fourth-order valence-electron chi connectivity index (χ4n) is 1.96. The second-order valence-electron chi connectivity index (χ2n) is 4.81. The number of rotatable bonds is 4. The molecule has 0 fully saturated rings. The molecule has 4 nitrogen and oxygen atoms in total. The molecule has 106 valence electrons. The van der Waals surface area contributed by atoms with Crippen LogP contribution in [0.25, 0.3) is 11.1 Å². The number of benzene rings is 2. The molecule has 1 unspecified atom stereocenters. The van der Waals surface area contributed by atoms with Gasteiger partial charge in [-0.15, -0.1) is 0 Å². The molecule has 0 aliphatic carbocycles. The van der Waals surface area contributed by atoms with Crippen LogP contribution in [0, 0.1) is 11.3 Å². The molecular weight excluding hydrogens is 262 g/mol. The molecule has 4 heteroatoms. The van der Waals surface area contributed by atoms with Crippen molar-refractivity contribution in [2.75, 3.05) is 5.32 Å². The van der Waals surface area contributed by atoms with Crippen molar-refractivity contribution in [1.29, 1.82) is 5.26 Å². The predicted molar refractivity (Wildman–Crippen MR) is 83.7 cm³/mol. The monoisotopic (exact) mass is 279 g/mol. The summed E-state index contributed by atoms with van der Waals surface area (Å²) in [6, 6.07) is 19.2. The number of hydrogen-bond acceptors (Lipinski definition) is 2. The molecule has 1 atom stereocenters. The lowest BCUT2D eigenvalue weighted by atomic mass is 10.1. The maximum Gasteiger partial charge on any atom is 0.319 e. The van der Waals surface area contributed by atoms with Gasteiger partial charge >= 0.3 is 6.03 Å². The van der Waals surface area contributed by atoms with Crippen LogP contribution >= 0.6 is 0 Å². The zero-order valence-corrected chi connectivity index (χ0v) is 11.8. The summed E-state index contributed by atoms with van der Waals surface area (Å²) in [7, 11) is 0. The molecule has 0 saturated carbocycles. The Morgan fingerprint density at radius 2 is 1.71 bits per heavy atom. The standard InChI is InChI=1S/C17H17N3O/c1-13(11-12-18)19-17(21)20-16-9-7-15(8-10-16)14-5-3-2-4-6-14/h2-10,13H,11H2,1H3,(H2,19,20,21). The molecule has 0 radical (unpaired) electrons. The molecule has 0 aromatic heterocycles. The molecule has 2 rings (SSSR count). The molecule has 2 N–H and O–H groups in total. The predicted octanol–water partition coefficient (Wildman–Crippen LogP) is 3.78. The van der Waals surface area contributed by atoms with Crippen LogP contribution in [0.4, 0.5) is 10.5 Å². The van der Waals surface area contributed by atoms with Crippen LogP contribution < -0.4 is 10.6 Å². The van der Waals surface area contributed by atoms with Crippen LogP contribution in [0.2, 0.25) is 0 Å². The van der Waals surface area contributed by atoms with Gasteiger partial charge in [0, 0.05) is 11.7 Å². The Labute approximate surface area is 124 Å². The van der Waals surface area contributed by atoms with Gasteiger partial charge in [-0.2, -0.15) is 5.26 Å². The first kappa shape index (κ1) is 14.6. The number of urea groups is 1. The van der Waals surface area contributed by atoms with Crippen LogP contribution in [-0.2, 0) is 0 Å². The number of carbonyl (C=O) groups excluding carboxylic acids is 1. The van der Waals surface area contributed by atoms with Gasteiger partial charge < -0.3 is 10.6 Å². The summed E-state index contributed by atoms with van der Waals surface area (Å²) >= 11 is 0. The Hall–Kier alpha value is -2.80. The molecule has 21 heavy (non-hydrogen) atoms. The van der Waals surface area contributed by atoms with Gasteiger partial charge in [0.2, 0.25) is 0 Å². The van der Waals surface area contributed by atoms with Crippen molar-refractivity contribution in [2.45, 2.75) is 19.4 Å². The van der Waals surface area contributed by atoms with Crippen LogP contribution in [0.3, 0.4) is 0 Å². The van der Waals surface area contributed by atoms with E-state index in [1.54, 1.807) is 6.92 Å². The highest BCUT2D eigenvalue weighted by Crippen LogP contribution is 2.20. The Kier molecular flexibility index (Phi) is 4.94. The van der Waals surface area contributed by atoms with Gasteiger partial charge in [0.25, 0.3) is 0 Å². The van der Waals surface area contributed by atoms with Crippen molar-refractivity contribution in [2.24, 2.45) is 0 Å². The molecule has 0 aliphatic rings. The van der Waals surface area contributed by atoms with E-state index in [0.29, 0.717) is 6.42 Å². The van der Waals surface area contributed by atoms with Gasteiger partial charge in [0.05, 0.1) is 12.5 Å². The van der Waals surface area contributed by atoms with Crippen molar-refractivity contribution < 1.29 is 4.79 Å². The molecule has 0 aliphatic heterocycles. The Morgan fingerprint density at radius 3 is 2.33 bits per heavy atom. The van der Waals surface area contributed by atoms with Gasteiger partial charge in [0.15, 0.2) is 0 Å². The van der Waals surface area contributed by atoms with Crippen molar-refractivity contribution in [1.82, 2.24) is 5.32 Å². The highest BCUT2D eigenvalue weighted by atomic mass is 16.2. The van der Waals surface area contributed by atoms with Crippen molar-refractivity contribution in [3.8, 4) is 17.2 Å². The van der Waals surface area contributed by atoms with Crippen LogP contribution in [0.15, 0.2) is 54.6 Å². The maximum absolute atomic E-state index is 11.7. The maximum atomic E-state index is 11.7. The number of anilines is 1. The van der Waals surface area contributed by atoms with Gasteiger partial charge in [-0.1, -0.05) is 42.5 Å². The summed E-state index contributed by atoms with van der Waals surface area (Å²) in [5.74, 6) is 0. The number of carbonyl (C=O) groups is 1. The van der Waals surface area contributed by atoms with Crippen LogP contribution in [0.5, 0.6) is 0 Å². The van der Waals surface area contributed by atoms with Crippen LogP contribution in [-0.4, -0.2) is 12.1 Å². The van der Waals surface area contributed by atoms with E-state index in [0.717, 1.165) is 16.8 Å². The van der Waals surface area contributed by atoms with Crippen molar-refractivity contribution >= 4 is 11.7 Å². The largest absolute Gasteiger partial charge is 0.334 e. The minimum Gasteiger partial charge on any atom is -0.334 e. The van der Waals surface area contributed by atoms with E-state index in [9.17, 15) is 4.79 Å². The third kappa shape index (κ3) is 4.36. The molecule has 2 aromatic rings. The van der Waals surface area contributed by atoms with E-state index in [4.69, 9.17) is 5.26 Å². The first-order valence-corrected chi connectivity index (χ1v) is 6.79. The van der Waals surface area contributed by atoms with Gasteiger partial charge in [-0.3, -0.25) is 0 Å². The fraction of sp³-hybridized carbons (Fsp3) is 0.176. The van der Waals surface area contributed by atoms with E-state index < -0.39 is 0 Å². The fourth-order valence-corrected chi connectivity index (χ4v) is 1.96. The lowest BCUT2D eigenvalue weighted by molar-refractivity contribution is 0.249. The van der Waals surface area contributed by atoms with Gasteiger partial charge in [-0.25, -0.2) is 4.79 Å². The highest BCUT2D eigenvalue weighted by molar-refractivity contribution is 5.89. The number of amides is 2. The molecule has 0 heterocycles. The number of nitriles is 1. The minimum absolute atomic E-state index is 0.168. The van der Waals surface area contributed by atoms with Crippen molar-refractivity contribution in [3.05, 3.63) is 54.6 Å². The SMILES string of the molecule is CC(CC#N)NC(=O)Nc1ccc(-c2ccccc2)cc1. The first-order valence-electron chi connectivity index (χ1n) is 6.79. The second-order valence-corrected chi connectivity index (χ2v) is 4.81. The second kappa shape index (κ2) is 7.11. The van der Waals surface area contributed by atoms with Crippen LogP contribution in [0.1, 0.15) is 13.3 Å². The minimum atomic E-state index is -0.301. The lowest BCUT2D eigenvalue weighted by Gasteiger charge is -2.12. The Morgan fingerprint density at radius 1 is 1.10 bits per heavy atom. The molecule has 2 aromatic carbocycles. The summed E-state index contributed by atoms with van der Waals surface area (Å²) in [6.07, 6.45) is 0.292. The van der Waals surface area contributed by atoms with Gasteiger partial charge in [0.1, 0.15) is 0 Å². The average Bonchev–Trinajstić information content (AvgIpc) is 2.49. The lowest BCUT2D eigenvalue weighted by Crippen LogP contribution is -2.35. The smallest absolute Gasteiger partial charge is 0.319 e.